The van der Waals surface area contributed by atoms with Crippen molar-refractivity contribution < 1.29 is 13.9 Å². The van der Waals surface area contributed by atoms with Gasteiger partial charge in [0.2, 0.25) is 5.91 Å². The van der Waals surface area contributed by atoms with E-state index in [4.69, 9.17) is 4.74 Å². The first-order valence-corrected chi connectivity index (χ1v) is 9.93. The molecule has 4 heteroatoms. The molecule has 1 N–H and O–H groups in total. The molecule has 2 aliphatic carbocycles. The fraction of sp³-hybridized carbons (Fsp3) is 0.682. The standard InChI is InChI=1S/C22H30FNO2/c1-13(2)19(25)24-20-21(3,4)15-11-17-18(14-5-7-16(23)8-6-14)26-10-9-22(17,20)12-15/h5-8,13,15,17-18,20H,9-12H2,1-4H3,(H,24,25)/t15-,17-,18-,20+,22?/m1/s1. The number of halogens is 1. The van der Waals surface area contributed by atoms with Crippen LogP contribution in [-0.2, 0) is 9.53 Å². The van der Waals surface area contributed by atoms with Gasteiger partial charge < -0.3 is 10.1 Å². The highest BCUT2D eigenvalue weighted by Gasteiger charge is 2.68. The number of amides is 1. The van der Waals surface area contributed by atoms with Crippen molar-refractivity contribution in [3.8, 4) is 0 Å². The maximum absolute atomic E-state index is 13.4. The lowest BCUT2D eigenvalue weighted by atomic mass is 9.58. The highest BCUT2D eigenvalue weighted by Crippen LogP contribution is 2.70. The fourth-order valence-electron chi connectivity index (χ4n) is 6.08. The highest BCUT2D eigenvalue weighted by atomic mass is 19.1. The van der Waals surface area contributed by atoms with Gasteiger partial charge in [0.05, 0.1) is 6.10 Å². The van der Waals surface area contributed by atoms with E-state index >= 15 is 0 Å². The van der Waals surface area contributed by atoms with Crippen LogP contribution in [0.1, 0.15) is 58.6 Å². The van der Waals surface area contributed by atoms with Gasteiger partial charge >= 0.3 is 0 Å². The number of carbonyl (C=O) groups is 1. The SMILES string of the molecule is CC(C)C(=O)N[C@H]1C(C)(C)[C@@H]2C[C@@H]3[C@@H](c4ccc(F)cc4)OCCC31C2. The average molecular weight is 359 g/mol. The van der Waals surface area contributed by atoms with Crippen LogP contribution in [0.25, 0.3) is 0 Å². The molecule has 4 rings (SSSR count). The van der Waals surface area contributed by atoms with Crippen molar-refractivity contribution in [2.75, 3.05) is 6.61 Å². The van der Waals surface area contributed by atoms with Crippen LogP contribution >= 0.6 is 0 Å². The molecule has 1 aliphatic heterocycles. The number of carbonyl (C=O) groups excluding carboxylic acids is 1. The van der Waals surface area contributed by atoms with Crippen LogP contribution in [-0.4, -0.2) is 18.6 Å². The third-order valence-electron chi connectivity index (χ3n) is 7.51. The van der Waals surface area contributed by atoms with Gasteiger partial charge in [-0.3, -0.25) is 4.79 Å². The molecular weight excluding hydrogens is 329 g/mol. The summed E-state index contributed by atoms with van der Waals surface area (Å²) in [5.41, 5.74) is 1.26. The van der Waals surface area contributed by atoms with Gasteiger partial charge in [-0.1, -0.05) is 39.8 Å². The Morgan fingerprint density at radius 3 is 2.62 bits per heavy atom. The molecule has 3 aliphatic rings. The van der Waals surface area contributed by atoms with Gasteiger partial charge in [-0.05, 0) is 59.6 Å². The summed E-state index contributed by atoms with van der Waals surface area (Å²) < 4.78 is 19.6. The van der Waals surface area contributed by atoms with E-state index in [1.54, 1.807) is 0 Å². The van der Waals surface area contributed by atoms with Gasteiger partial charge in [0.25, 0.3) is 0 Å². The van der Waals surface area contributed by atoms with Crippen LogP contribution < -0.4 is 5.32 Å². The average Bonchev–Trinajstić information content (AvgIpc) is 3.08. The molecule has 26 heavy (non-hydrogen) atoms. The molecule has 5 atom stereocenters. The number of rotatable bonds is 3. The molecule has 1 amide bonds. The largest absolute Gasteiger partial charge is 0.373 e. The topological polar surface area (TPSA) is 38.3 Å². The summed E-state index contributed by atoms with van der Waals surface area (Å²) >= 11 is 0. The summed E-state index contributed by atoms with van der Waals surface area (Å²) in [5, 5.41) is 3.42. The van der Waals surface area contributed by atoms with Crippen molar-refractivity contribution in [3.05, 3.63) is 35.6 Å². The van der Waals surface area contributed by atoms with Crippen molar-refractivity contribution in [1.82, 2.24) is 5.32 Å². The first-order valence-electron chi connectivity index (χ1n) is 9.93. The van der Waals surface area contributed by atoms with Crippen molar-refractivity contribution in [1.29, 1.82) is 0 Å². The quantitative estimate of drug-likeness (QED) is 0.864. The molecule has 1 saturated heterocycles. The number of fused-ring (bicyclic) bond motifs is 1. The van der Waals surface area contributed by atoms with Crippen LogP contribution in [0, 0.1) is 34.4 Å². The lowest BCUT2D eigenvalue weighted by molar-refractivity contribution is -0.139. The van der Waals surface area contributed by atoms with E-state index in [1.807, 2.05) is 26.0 Å². The van der Waals surface area contributed by atoms with E-state index < -0.39 is 0 Å². The van der Waals surface area contributed by atoms with E-state index in [0.717, 1.165) is 24.8 Å². The molecule has 2 bridgehead atoms. The van der Waals surface area contributed by atoms with Crippen molar-refractivity contribution >= 4 is 5.91 Å². The Bertz CT molecular complexity index is 699. The van der Waals surface area contributed by atoms with Gasteiger partial charge in [-0.15, -0.1) is 0 Å². The first-order chi connectivity index (χ1) is 12.3. The Hall–Kier alpha value is -1.42. The molecule has 0 aromatic heterocycles. The summed E-state index contributed by atoms with van der Waals surface area (Å²) in [4.78, 5) is 12.5. The predicted molar refractivity (Wildman–Crippen MR) is 98.9 cm³/mol. The minimum atomic E-state index is -0.213. The second kappa shape index (κ2) is 6.05. The van der Waals surface area contributed by atoms with Crippen LogP contribution in [0.4, 0.5) is 4.39 Å². The molecule has 1 aromatic carbocycles. The number of nitrogens with one attached hydrogen (secondary N) is 1. The summed E-state index contributed by atoms with van der Waals surface area (Å²) in [6, 6.07) is 6.94. The second-order valence-corrected chi connectivity index (χ2v) is 9.49. The van der Waals surface area contributed by atoms with Crippen LogP contribution in [0.15, 0.2) is 24.3 Å². The minimum absolute atomic E-state index is 0.00361. The third kappa shape index (κ3) is 2.52. The molecule has 1 unspecified atom stereocenters. The molecule has 1 heterocycles. The van der Waals surface area contributed by atoms with Crippen LogP contribution in [0.2, 0.25) is 0 Å². The second-order valence-electron chi connectivity index (χ2n) is 9.49. The van der Waals surface area contributed by atoms with Crippen molar-refractivity contribution in [2.45, 2.75) is 59.1 Å². The smallest absolute Gasteiger partial charge is 0.222 e. The normalized spacial score (nSPS) is 37.6. The van der Waals surface area contributed by atoms with Crippen molar-refractivity contribution in [2.24, 2.45) is 28.6 Å². The zero-order valence-electron chi connectivity index (χ0n) is 16.2. The van der Waals surface area contributed by atoms with Gasteiger partial charge in [-0.2, -0.15) is 0 Å². The van der Waals surface area contributed by atoms with Gasteiger partial charge in [0.15, 0.2) is 0 Å². The van der Waals surface area contributed by atoms with E-state index in [1.165, 1.54) is 12.1 Å². The van der Waals surface area contributed by atoms with Crippen molar-refractivity contribution in [3.63, 3.8) is 0 Å². The molecule has 1 spiro atoms. The van der Waals surface area contributed by atoms with E-state index in [2.05, 4.69) is 19.2 Å². The molecule has 3 fully saturated rings. The van der Waals surface area contributed by atoms with Crippen LogP contribution in [0.5, 0.6) is 0 Å². The number of benzene rings is 1. The molecule has 142 valence electrons. The van der Waals surface area contributed by atoms with Gasteiger partial charge in [0, 0.05) is 18.6 Å². The van der Waals surface area contributed by atoms with Gasteiger partial charge in [-0.25, -0.2) is 4.39 Å². The summed E-state index contributed by atoms with van der Waals surface area (Å²) in [7, 11) is 0. The van der Waals surface area contributed by atoms with E-state index in [-0.39, 0.29) is 40.6 Å². The molecule has 0 radical (unpaired) electrons. The summed E-state index contributed by atoms with van der Waals surface area (Å²) in [5.74, 6) is 0.906. The zero-order valence-corrected chi connectivity index (χ0v) is 16.2. The predicted octanol–water partition coefficient (Wildman–Crippen LogP) is 4.48. The fourth-order valence-corrected chi connectivity index (χ4v) is 6.08. The maximum Gasteiger partial charge on any atom is 0.222 e. The highest BCUT2D eigenvalue weighted by molar-refractivity contribution is 5.78. The third-order valence-corrected chi connectivity index (χ3v) is 7.51. The zero-order chi connectivity index (χ0) is 18.7. The Kier molecular flexibility index (Phi) is 4.18. The molecule has 1 aromatic rings. The lowest BCUT2D eigenvalue weighted by Crippen LogP contribution is -2.59. The first kappa shape index (κ1) is 18.0. The lowest BCUT2D eigenvalue weighted by Gasteiger charge is -2.53. The van der Waals surface area contributed by atoms with E-state index in [9.17, 15) is 9.18 Å². The monoisotopic (exact) mass is 359 g/mol. The number of hydrogen-bond acceptors (Lipinski definition) is 2. The Morgan fingerprint density at radius 2 is 1.96 bits per heavy atom. The molecular formula is C22H30FNO2. The minimum Gasteiger partial charge on any atom is -0.373 e. The molecule has 3 nitrogen and oxygen atoms in total. The summed E-state index contributed by atoms with van der Waals surface area (Å²) in [6.45, 7) is 9.24. The van der Waals surface area contributed by atoms with Gasteiger partial charge in [0.1, 0.15) is 5.82 Å². The Labute approximate surface area is 155 Å². The molecule has 2 saturated carbocycles. The maximum atomic E-state index is 13.4. The number of ether oxygens (including phenoxy) is 1. The summed E-state index contributed by atoms with van der Waals surface area (Å²) in [6.07, 6.45) is 3.29. The number of hydrogen-bond donors (Lipinski definition) is 1. The Morgan fingerprint density at radius 1 is 1.27 bits per heavy atom. The van der Waals surface area contributed by atoms with Crippen LogP contribution in [0.3, 0.4) is 0 Å². The van der Waals surface area contributed by atoms with E-state index in [0.29, 0.717) is 18.4 Å². The Balaban J connectivity index is 1.68.